The summed E-state index contributed by atoms with van der Waals surface area (Å²) in [4.78, 5) is 12.2. The predicted molar refractivity (Wildman–Crippen MR) is 122 cm³/mol. The maximum Gasteiger partial charge on any atom is 0.269 e. The van der Waals surface area contributed by atoms with Crippen LogP contribution in [0.3, 0.4) is 0 Å². The fourth-order valence-electron chi connectivity index (χ4n) is 2.44. The van der Waals surface area contributed by atoms with Gasteiger partial charge in [0.15, 0.2) is 0 Å². The highest BCUT2D eigenvalue weighted by atomic mass is 35.5. The third kappa shape index (κ3) is 6.51. The number of aromatic nitrogens is 2. The summed E-state index contributed by atoms with van der Waals surface area (Å²) in [5, 5.41) is 10.6. The Hall–Kier alpha value is -1.98. The summed E-state index contributed by atoms with van der Waals surface area (Å²) in [7, 11) is -3.78. The molecule has 0 bridgehead atoms. The van der Waals surface area contributed by atoms with Crippen LogP contribution in [0, 0.1) is 6.92 Å². The zero-order valence-corrected chi connectivity index (χ0v) is 19.2. The van der Waals surface area contributed by atoms with Crippen LogP contribution in [0.2, 0.25) is 5.02 Å². The molecule has 1 heterocycles. The first-order valence-electron chi connectivity index (χ1n) is 8.87. The molecule has 0 spiro atoms. The van der Waals surface area contributed by atoms with Crippen LogP contribution in [0.5, 0.6) is 0 Å². The molecule has 2 aromatic carbocycles. The monoisotopic (exact) mass is 482 g/mol. The lowest BCUT2D eigenvalue weighted by molar-refractivity contribution is 0.102. The molecule has 0 unspecified atom stereocenters. The maximum atomic E-state index is 12.4. The molecule has 1 aromatic heterocycles. The van der Waals surface area contributed by atoms with Gasteiger partial charge in [0, 0.05) is 28.6 Å². The number of halogens is 1. The third-order valence-corrected chi connectivity index (χ3v) is 7.80. The number of anilines is 1. The Kier molecular flexibility index (Phi) is 7.84. The van der Waals surface area contributed by atoms with Crippen LogP contribution in [-0.4, -0.2) is 36.8 Å². The summed E-state index contributed by atoms with van der Waals surface area (Å²) in [6.45, 7) is 2.31. The van der Waals surface area contributed by atoms with Gasteiger partial charge < -0.3 is 0 Å². The molecule has 2 N–H and O–H groups in total. The van der Waals surface area contributed by atoms with Crippen molar-refractivity contribution in [1.82, 2.24) is 14.9 Å². The second-order valence-electron chi connectivity index (χ2n) is 6.27. The van der Waals surface area contributed by atoms with Gasteiger partial charge in [0.05, 0.1) is 0 Å². The summed E-state index contributed by atoms with van der Waals surface area (Å²) < 4.78 is 27.1. The number of hydrogen-bond acceptors (Lipinski definition) is 7. The Morgan fingerprint density at radius 3 is 2.67 bits per heavy atom. The molecule has 3 rings (SSSR count). The lowest BCUT2D eigenvalue weighted by Gasteiger charge is -2.05. The van der Waals surface area contributed by atoms with Gasteiger partial charge in [0.25, 0.3) is 15.9 Å². The average molecular weight is 483 g/mol. The van der Waals surface area contributed by atoms with Gasteiger partial charge in [-0.1, -0.05) is 52.8 Å². The van der Waals surface area contributed by atoms with Crippen molar-refractivity contribution in [1.29, 1.82) is 0 Å². The number of aryl methyl sites for hydroxylation is 1. The number of hydrogen-bond donors (Lipinski definition) is 2. The summed E-state index contributed by atoms with van der Waals surface area (Å²) in [6.07, 6.45) is 0. The van der Waals surface area contributed by atoms with E-state index in [1.807, 2.05) is 25.1 Å². The minimum absolute atomic E-state index is 0.101. The van der Waals surface area contributed by atoms with E-state index < -0.39 is 15.9 Å². The lowest BCUT2D eigenvalue weighted by atomic mass is 10.2. The number of sulfonamides is 1. The molecular formula is C19H19ClN4O3S3. The van der Waals surface area contributed by atoms with Gasteiger partial charge in [-0.3, -0.25) is 10.1 Å². The molecule has 0 aliphatic heterocycles. The van der Waals surface area contributed by atoms with Crippen LogP contribution in [0.1, 0.15) is 21.5 Å². The van der Waals surface area contributed by atoms with E-state index in [1.54, 1.807) is 36.0 Å². The smallest absolute Gasteiger partial charge is 0.269 e. The van der Waals surface area contributed by atoms with Gasteiger partial charge in [-0.2, -0.15) is 11.8 Å². The van der Waals surface area contributed by atoms with Crippen molar-refractivity contribution in [3.8, 4) is 0 Å². The van der Waals surface area contributed by atoms with Crippen LogP contribution < -0.4 is 10.0 Å². The second-order valence-corrected chi connectivity index (χ2v) is 10.7. The van der Waals surface area contributed by atoms with E-state index in [1.165, 1.54) is 11.1 Å². The Balaban J connectivity index is 1.48. The first kappa shape index (κ1) is 22.7. The molecule has 0 radical (unpaired) electrons. The van der Waals surface area contributed by atoms with Crippen molar-refractivity contribution in [3.63, 3.8) is 0 Å². The molecule has 30 heavy (non-hydrogen) atoms. The normalized spacial score (nSPS) is 11.4. The topological polar surface area (TPSA) is 101 Å². The molecule has 7 nitrogen and oxygen atoms in total. The number of rotatable bonds is 9. The van der Waals surface area contributed by atoms with Crippen molar-refractivity contribution in [2.24, 2.45) is 0 Å². The summed E-state index contributed by atoms with van der Waals surface area (Å²) in [5.41, 5.74) is 2.78. The van der Waals surface area contributed by atoms with Crippen LogP contribution in [0.15, 0.2) is 52.9 Å². The van der Waals surface area contributed by atoms with Gasteiger partial charge >= 0.3 is 0 Å². The number of carbonyl (C=O) groups excluding carboxylic acids is 1. The van der Waals surface area contributed by atoms with Crippen molar-refractivity contribution < 1.29 is 13.2 Å². The van der Waals surface area contributed by atoms with Gasteiger partial charge in [0.2, 0.25) is 9.47 Å². The van der Waals surface area contributed by atoms with E-state index in [0.717, 1.165) is 17.1 Å². The molecule has 0 atom stereocenters. The van der Waals surface area contributed by atoms with Gasteiger partial charge in [0.1, 0.15) is 0 Å². The van der Waals surface area contributed by atoms with Crippen LogP contribution in [0.4, 0.5) is 5.13 Å². The highest BCUT2D eigenvalue weighted by Gasteiger charge is 2.20. The Morgan fingerprint density at radius 1 is 1.17 bits per heavy atom. The SMILES string of the molecule is Cc1cccc(CSCCNS(=O)(=O)c2nnc(NC(=O)c3ccc(Cl)cc3)s2)c1. The molecule has 3 aromatic rings. The van der Waals surface area contributed by atoms with Crippen molar-refractivity contribution in [3.05, 3.63) is 70.2 Å². The Morgan fingerprint density at radius 2 is 1.93 bits per heavy atom. The Bertz CT molecular complexity index is 1120. The quantitative estimate of drug-likeness (QED) is 0.353. The van der Waals surface area contributed by atoms with Crippen LogP contribution >= 0.6 is 34.7 Å². The van der Waals surface area contributed by atoms with Gasteiger partial charge in [-0.25, -0.2) is 13.1 Å². The number of nitrogens with one attached hydrogen (secondary N) is 2. The maximum absolute atomic E-state index is 12.4. The molecule has 1 amide bonds. The Labute approximate surface area is 188 Å². The number of carbonyl (C=O) groups is 1. The minimum Gasteiger partial charge on any atom is -0.296 e. The number of thioether (sulfide) groups is 1. The predicted octanol–water partition coefficient (Wildman–Crippen LogP) is 3.96. The van der Waals surface area contributed by atoms with Crippen LogP contribution in [0.25, 0.3) is 0 Å². The lowest BCUT2D eigenvalue weighted by Crippen LogP contribution is -2.26. The molecule has 11 heteroatoms. The standard InChI is InChI=1S/C19H19ClN4O3S3/c1-13-3-2-4-14(11-13)12-28-10-9-21-30(26,27)19-24-23-18(29-19)22-17(25)15-5-7-16(20)8-6-15/h2-8,11,21H,9-10,12H2,1H3,(H,22,23,25). The van der Waals surface area contributed by atoms with Gasteiger partial charge in [-0.15, -0.1) is 10.2 Å². The molecule has 0 saturated heterocycles. The second kappa shape index (κ2) is 10.4. The molecule has 0 aliphatic rings. The first-order valence-corrected chi connectivity index (χ1v) is 12.7. The van der Waals surface area contributed by atoms with E-state index in [-0.39, 0.29) is 16.0 Å². The zero-order valence-electron chi connectivity index (χ0n) is 16.0. The van der Waals surface area contributed by atoms with E-state index in [2.05, 4.69) is 26.3 Å². The van der Waals surface area contributed by atoms with E-state index in [9.17, 15) is 13.2 Å². The number of nitrogens with zero attached hydrogens (tertiary/aromatic N) is 2. The zero-order chi connectivity index (χ0) is 21.6. The minimum atomic E-state index is -3.78. The molecule has 0 aliphatic carbocycles. The van der Waals surface area contributed by atoms with E-state index >= 15 is 0 Å². The van der Waals surface area contributed by atoms with Crippen molar-refractivity contribution in [2.75, 3.05) is 17.6 Å². The highest BCUT2D eigenvalue weighted by Crippen LogP contribution is 2.21. The van der Waals surface area contributed by atoms with Crippen molar-refractivity contribution >= 4 is 55.8 Å². The fraction of sp³-hybridized carbons (Fsp3) is 0.211. The summed E-state index contributed by atoms with van der Waals surface area (Å²) >= 11 is 8.23. The molecule has 158 valence electrons. The fourth-order valence-corrected chi connectivity index (χ4v) is 5.47. The third-order valence-electron chi connectivity index (χ3n) is 3.85. The van der Waals surface area contributed by atoms with E-state index in [0.29, 0.717) is 16.3 Å². The highest BCUT2D eigenvalue weighted by molar-refractivity contribution is 7.98. The molecular weight excluding hydrogens is 464 g/mol. The summed E-state index contributed by atoms with van der Waals surface area (Å²) in [5.74, 6) is 1.00. The first-order chi connectivity index (χ1) is 14.3. The number of amides is 1. The summed E-state index contributed by atoms with van der Waals surface area (Å²) in [6, 6.07) is 14.5. The van der Waals surface area contributed by atoms with Crippen molar-refractivity contribution in [2.45, 2.75) is 17.0 Å². The van der Waals surface area contributed by atoms with Crippen LogP contribution in [-0.2, 0) is 15.8 Å². The van der Waals surface area contributed by atoms with E-state index in [4.69, 9.17) is 11.6 Å². The molecule has 0 saturated carbocycles. The largest absolute Gasteiger partial charge is 0.296 e. The van der Waals surface area contributed by atoms with Gasteiger partial charge in [-0.05, 0) is 36.8 Å². The average Bonchev–Trinajstić information content (AvgIpc) is 3.18. The molecule has 0 fully saturated rings. The number of benzene rings is 2.